The molecule has 0 radical (unpaired) electrons. The summed E-state index contributed by atoms with van der Waals surface area (Å²) < 4.78 is 36.4. The molecule has 0 spiro atoms. The Kier molecular flexibility index (Phi) is 7.07. The molecule has 10 heteroatoms. The highest BCUT2D eigenvalue weighted by Gasteiger charge is 2.35. The van der Waals surface area contributed by atoms with Crippen LogP contribution in [0.3, 0.4) is 0 Å². The van der Waals surface area contributed by atoms with Crippen LogP contribution in [0, 0.1) is 0 Å². The summed E-state index contributed by atoms with van der Waals surface area (Å²) in [6, 6.07) is 10.8. The molecule has 0 saturated heterocycles. The summed E-state index contributed by atoms with van der Waals surface area (Å²) in [6.07, 6.45) is 1.70. The molecule has 1 N–H and O–H groups in total. The van der Waals surface area contributed by atoms with Gasteiger partial charge in [0.25, 0.3) is 5.91 Å². The predicted molar refractivity (Wildman–Crippen MR) is 118 cm³/mol. The van der Waals surface area contributed by atoms with E-state index in [9.17, 15) is 18.0 Å². The molecule has 1 heterocycles. The molecule has 0 aromatic heterocycles. The fourth-order valence-corrected chi connectivity index (χ4v) is 4.05. The zero-order valence-electron chi connectivity index (χ0n) is 17.1. The number of sulfonamides is 1. The Morgan fingerprint density at radius 1 is 1.23 bits per heavy atom. The molecule has 2 aromatic rings. The van der Waals surface area contributed by atoms with Crippen LogP contribution in [-0.2, 0) is 19.6 Å². The van der Waals surface area contributed by atoms with Crippen molar-refractivity contribution in [1.29, 1.82) is 0 Å². The van der Waals surface area contributed by atoms with Gasteiger partial charge < -0.3 is 14.8 Å². The number of esters is 1. The Labute approximate surface area is 186 Å². The number of unbranched alkanes of at least 4 members (excludes halogenated alkanes) is 1. The first-order chi connectivity index (χ1) is 14.7. The third-order valence-corrected chi connectivity index (χ3v) is 5.98. The number of halogens is 1. The van der Waals surface area contributed by atoms with E-state index in [0.29, 0.717) is 22.9 Å². The Balaban J connectivity index is 1.70. The van der Waals surface area contributed by atoms with Crippen molar-refractivity contribution in [1.82, 2.24) is 0 Å². The maximum atomic E-state index is 12.7. The lowest BCUT2D eigenvalue weighted by Crippen LogP contribution is -2.48. The largest absolute Gasteiger partial charge is 0.476 e. The fourth-order valence-electron chi connectivity index (χ4n) is 2.98. The lowest BCUT2D eigenvalue weighted by molar-refractivity contribution is -0.122. The van der Waals surface area contributed by atoms with Crippen LogP contribution in [0.1, 0.15) is 30.1 Å². The van der Waals surface area contributed by atoms with Gasteiger partial charge in [-0.05, 0) is 48.9 Å². The van der Waals surface area contributed by atoms with Crippen LogP contribution in [-0.4, -0.2) is 45.8 Å². The van der Waals surface area contributed by atoms with Gasteiger partial charge in [0.2, 0.25) is 10.0 Å². The monoisotopic (exact) mass is 466 g/mol. The zero-order chi connectivity index (χ0) is 22.6. The van der Waals surface area contributed by atoms with Gasteiger partial charge in [0, 0.05) is 10.7 Å². The topological polar surface area (TPSA) is 102 Å². The first-order valence-corrected chi connectivity index (χ1v) is 11.9. The molecule has 1 aliphatic rings. The molecule has 1 amide bonds. The molecule has 0 aliphatic carbocycles. The summed E-state index contributed by atoms with van der Waals surface area (Å²) in [5.41, 5.74) is 1.09. The second-order valence-electron chi connectivity index (χ2n) is 7.07. The number of rotatable bonds is 7. The Bertz CT molecular complexity index is 1070. The molecule has 0 saturated carbocycles. The third-order valence-electron chi connectivity index (χ3n) is 4.60. The number of nitrogens with one attached hydrogen (secondary N) is 1. The van der Waals surface area contributed by atoms with E-state index in [1.807, 2.05) is 6.92 Å². The summed E-state index contributed by atoms with van der Waals surface area (Å²) >= 11 is 5.98. The number of carbonyl (C=O) groups is 2. The van der Waals surface area contributed by atoms with E-state index in [-0.39, 0.29) is 18.0 Å². The molecule has 0 fully saturated rings. The average molecular weight is 467 g/mol. The summed E-state index contributed by atoms with van der Waals surface area (Å²) in [4.78, 5) is 24.7. The highest BCUT2D eigenvalue weighted by Crippen LogP contribution is 2.37. The Morgan fingerprint density at radius 3 is 2.58 bits per heavy atom. The maximum Gasteiger partial charge on any atom is 0.338 e. The van der Waals surface area contributed by atoms with Crippen molar-refractivity contribution in [3.63, 3.8) is 0 Å². The lowest BCUT2D eigenvalue weighted by atomic mass is 10.2. The normalized spacial score (nSPS) is 15.6. The Morgan fingerprint density at radius 2 is 1.94 bits per heavy atom. The summed E-state index contributed by atoms with van der Waals surface area (Å²) in [5.74, 6) is -0.708. The van der Waals surface area contributed by atoms with Crippen molar-refractivity contribution in [2.24, 2.45) is 0 Å². The van der Waals surface area contributed by atoms with Gasteiger partial charge in [-0.3, -0.25) is 9.10 Å². The van der Waals surface area contributed by atoms with Gasteiger partial charge in [0.1, 0.15) is 5.75 Å². The van der Waals surface area contributed by atoms with E-state index >= 15 is 0 Å². The van der Waals surface area contributed by atoms with Crippen molar-refractivity contribution in [3.8, 4) is 5.75 Å². The molecule has 31 heavy (non-hydrogen) atoms. The van der Waals surface area contributed by atoms with Crippen LogP contribution in [0.5, 0.6) is 5.75 Å². The number of anilines is 2. The maximum absolute atomic E-state index is 12.7. The number of fused-ring (bicyclic) bond motifs is 1. The first-order valence-electron chi connectivity index (χ1n) is 9.71. The van der Waals surface area contributed by atoms with Crippen molar-refractivity contribution in [2.75, 3.05) is 29.0 Å². The lowest BCUT2D eigenvalue weighted by Gasteiger charge is -2.34. The highest BCUT2D eigenvalue weighted by atomic mass is 35.5. The quantitative estimate of drug-likeness (QED) is 0.495. The number of ether oxygens (including phenoxy) is 2. The second-order valence-corrected chi connectivity index (χ2v) is 9.41. The van der Waals surface area contributed by atoms with Crippen LogP contribution >= 0.6 is 11.6 Å². The molecule has 1 aliphatic heterocycles. The summed E-state index contributed by atoms with van der Waals surface area (Å²) in [7, 11) is -3.66. The summed E-state index contributed by atoms with van der Waals surface area (Å²) in [6.45, 7) is 2.17. The molecule has 3 rings (SSSR count). The van der Waals surface area contributed by atoms with Gasteiger partial charge in [-0.2, -0.15) is 0 Å². The second kappa shape index (κ2) is 9.57. The van der Waals surface area contributed by atoms with Gasteiger partial charge in [0.05, 0.1) is 30.7 Å². The van der Waals surface area contributed by atoms with Crippen molar-refractivity contribution >= 4 is 44.9 Å². The van der Waals surface area contributed by atoms with Gasteiger partial charge in [-0.1, -0.05) is 24.9 Å². The van der Waals surface area contributed by atoms with Gasteiger partial charge in [-0.15, -0.1) is 0 Å². The number of nitrogens with zero attached hydrogens (tertiary/aromatic N) is 1. The number of hydrogen-bond donors (Lipinski definition) is 1. The van der Waals surface area contributed by atoms with Gasteiger partial charge in [-0.25, -0.2) is 13.2 Å². The van der Waals surface area contributed by atoms with Crippen LogP contribution in [0.2, 0.25) is 5.02 Å². The molecule has 166 valence electrons. The summed E-state index contributed by atoms with van der Waals surface area (Å²) in [5, 5.41) is 3.03. The highest BCUT2D eigenvalue weighted by molar-refractivity contribution is 7.92. The molecule has 2 aromatic carbocycles. The van der Waals surface area contributed by atoms with Crippen molar-refractivity contribution < 1.29 is 27.5 Å². The van der Waals surface area contributed by atoms with Crippen LogP contribution < -0.4 is 14.4 Å². The molecular weight excluding hydrogens is 444 g/mol. The van der Waals surface area contributed by atoms with Crippen LogP contribution in [0.25, 0.3) is 0 Å². The van der Waals surface area contributed by atoms with E-state index in [2.05, 4.69) is 5.32 Å². The molecular formula is C21H23ClN2O6S. The predicted octanol–water partition coefficient (Wildman–Crippen LogP) is 3.46. The third kappa shape index (κ3) is 5.68. The standard InChI is InChI=1S/C21H23ClN2O6S/c1-3-4-11-29-21(26)14-5-8-16(9-6-14)23-20(25)19-13-24(31(2,27)28)17-12-15(22)7-10-18(17)30-19/h5-10,12,19H,3-4,11,13H2,1-2H3,(H,23,25)/t19-/m1/s1. The van der Waals surface area contributed by atoms with E-state index in [4.69, 9.17) is 21.1 Å². The van der Waals surface area contributed by atoms with Crippen LogP contribution in [0.15, 0.2) is 42.5 Å². The van der Waals surface area contributed by atoms with E-state index < -0.39 is 28.0 Å². The molecule has 8 nitrogen and oxygen atoms in total. The molecule has 0 unspecified atom stereocenters. The van der Waals surface area contributed by atoms with E-state index in [1.165, 1.54) is 12.1 Å². The van der Waals surface area contributed by atoms with Crippen LogP contribution in [0.4, 0.5) is 11.4 Å². The van der Waals surface area contributed by atoms with E-state index in [0.717, 1.165) is 23.4 Å². The molecule has 1 atom stereocenters. The number of carbonyl (C=O) groups excluding carboxylic acids is 2. The van der Waals surface area contributed by atoms with Gasteiger partial charge in [0.15, 0.2) is 6.10 Å². The number of benzene rings is 2. The minimum Gasteiger partial charge on any atom is -0.476 e. The Hall–Kier alpha value is -2.78. The zero-order valence-corrected chi connectivity index (χ0v) is 18.7. The van der Waals surface area contributed by atoms with Crippen molar-refractivity contribution in [2.45, 2.75) is 25.9 Å². The number of hydrogen-bond acceptors (Lipinski definition) is 6. The smallest absolute Gasteiger partial charge is 0.338 e. The minimum absolute atomic E-state index is 0.195. The SMILES string of the molecule is CCCCOC(=O)c1ccc(NC(=O)[C@H]2CN(S(C)(=O)=O)c3cc(Cl)ccc3O2)cc1. The van der Waals surface area contributed by atoms with Gasteiger partial charge >= 0.3 is 5.97 Å². The fraction of sp³-hybridized carbons (Fsp3) is 0.333. The first kappa shape index (κ1) is 22.9. The molecule has 0 bridgehead atoms. The minimum atomic E-state index is -3.66. The average Bonchev–Trinajstić information content (AvgIpc) is 2.72. The number of amides is 1. The van der Waals surface area contributed by atoms with E-state index in [1.54, 1.807) is 30.3 Å². The van der Waals surface area contributed by atoms with Crippen molar-refractivity contribution in [3.05, 3.63) is 53.1 Å².